The maximum atomic E-state index is 12.4. The van der Waals surface area contributed by atoms with Gasteiger partial charge < -0.3 is 5.11 Å². The number of benzene rings is 1. The fourth-order valence-electron chi connectivity index (χ4n) is 2.59. The Bertz CT molecular complexity index is 830. The second-order valence-electron chi connectivity index (χ2n) is 6.66. The van der Waals surface area contributed by atoms with Crippen LogP contribution < -0.4 is 0 Å². The number of carboxylic acids is 1. The summed E-state index contributed by atoms with van der Waals surface area (Å²) < 4.78 is 0. The number of allylic oxidation sites excluding steroid dienone is 4. The first-order valence-electron chi connectivity index (χ1n) is 9.47. The van der Waals surface area contributed by atoms with E-state index in [0.717, 1.165) is 24.8 Å². The molecule has 1 fully saturated rings. The van der Waals surface area contributed by atoms with Gasteiger partial charge in [0, 0.05) is 30.3 Å². The van der Waals surface area contributed by atoms with E-state index in [1.807, 2.05) is 0 Å². The van der Waals surface area contributed by atoms with Crippen molar-refractivity contribution >= 4 is 35.6 Å². The lowest BCUT2D eigenvalue weighted by Crippen LogP contribution is -2.00. The second kappa shape index (κ2) is 10.9. The molecule has 0 atom stereocenters. The van der Waals surface area contributed by atoms with Crippen molar-refractivity contribution in [3.63, 3.8) is 0 Å². The quantitative estimate of drug-likeness (QED) is 0.222. The average Bonchev–Trinajstić information content (AvgIpc) is 3.52. The van der Waals surface area contributed by atoms with Gasteiger partial charge in [0.1, 0.15) is 0 Å². The normalized spacial score (nSPS) is 14.5. The van der Waals surface area contributed by atoms with Gasteiger partial charge in [0.2, 0.25) is 0 Å². The molecule has 1 N–H and O–H groups in total. The highest BCUT2D eigenvalue weighted by Crippen LogP contribution is 2.35. The van der Waals surface area contributed by atoms with Crippen molar-refractivity contribution in [2.75, 3.05) is 0 Å². The summed E-state index contributed by atoms with van der Waals surface area (Å²) >= 11 is 0. The van der Waals surface area contributed by atoms with Crippen LogP contribution in [0.1, 0.15) is 48.9 Å². The number of aliphatic carboxylic acids is 1. The minimum Gasteiger partial charge on any atom is -0.481 e. The fraction of sp³-hybridized carbons (Fsp3) is 0.304. The zero-order valence-corrected chi connectivity index (χ0v) is 16.0. The Morgan fingerprint density at radius 2 is 1.93 bits per heavy atom. The number of hydrogen-bond donors (Lipinski definition) is 1. The molecule has 1 aromatic rings. The topological polar surface area (TPSA) is 79.1 Å². The molecule has 0 amide bonds. The molecule has 1 aromatic carbocycles. The maximum absolute atomic E-state index is 12.4. The number of carbonyl (C=O) groups is 2. The molecule has 0 spiro atoms. The molecule has 0 aliphatic heterocycles. The summed E-state index contributed by atoms with van der Waals surface area (Å²) in [6.45, 7) is 7.41. The molecular formula is C23H26N2O3. The van der Waals surface area contributed by atoms with Crippen LogP contribution in [0.25, 0.3) is 0 Å². The van der Waals surface area contributed by atoms with Crippen LogP contribution in [0, 0.1) is 5.92 Å². The summed E-state index contributed by atoms with van der Waals surface area (Å²) in [6, 6.07) is 5.38. The van der Waals surface area contributed by atoms with E-state index in [1.165, 1.54) is 0 Å². The van der Waals surface area contributed by atoms with E-state index in [-0.39, 0.29) is 18.1 Å². The van der Waals surface area contributed by atoms with Crippen LogP contribution in [0.5, 0.6) is 0 Å². The lowest BCUT2D eigenvalue weighted by Gasteiger charge is -2.05. The van der Waals surface area contributed by atoms with Gasteiger partial charge in [0.05, 0.1) is 11.4 Å². The van der Waals surface area contributed by atoms with Crippen molar-refractivity contribution in [2.24, 2.45) is 15.9 Å². The van der Waals surface area contributed by atoms with Gasteiger partial charge >= 0.3 is 5.97 Å². The maximum Gasteiger partial charge on any atom is 0.303 e. The molecule has 146 valence electrons. The minimum atomic E-state index is -0.787. The molecule has 5 heteroatoms. The largest absolute Gasteiger partial charge is 0.481 e. The van der Waals surface area contributed by atoms with Crippen LogP contribution in [0.4, 0.5) is 11.4 Å². The summed E-state index contributed by atoms with van der Waals surface area (Å²) in [5, 5.41) is 8.68. The average molecular weight is 378 g/mol. The molecule has 0 saturated heterocycles. The number of aliphatic imine (C=N–C) groups is 2. The highest BCUT2D eigenvalue weighted by molar-refractivity contribution is 6.01. The summed E-state index contributed by atoms with van der Waals surface area (Å²) in [5.41, 5.74) is 2.76. The fourth-order valence-corrected chi connectivity index (χ4v) is 2.59. The van der Waals surface area contributed by atoms with Gasteiger partial charge in [0.25, 0.3) is 0 Å². The van der Waals surface area contributed by atoms with Crippen molar-refractivity contribution < 1.29 is 14.7 Å². The lowest BCUT2D eigenvalue weighted by molar-refractivity contribution is -0.137. The third-order valence-electron chi connectivity index (χ3n) is 4.31. The Kier molecular flexibility index (Phi) is 8.28. The van der Waals surface area contributed by atoms with Crippen molar-refractivity contribution in [2.45, 2.75) is 38.5 Å². The summed E-state index contributed by atoms with van der Waals surface area (Å²) in [4.78, 5) is 31.9. The molecule has 28 heavy (non-hydrogen) atoms. The number of Topliss-reactive ketones (excluding diaryl/α,β-unsaturated/α-hetero) is 1. The zero-order chi connectivity index (χ0) is 20.4. The first-order valence-corrected chi connectivity index (χ1v) is 9.47. The van der Waals surface area contributed by atoms with Crippen molar-refractivity contribution in [1.82, 2.24) is 0 Å². The molecule has 1 saturated carbocycles. The summed E-state index contributed by atoms with van der Waals surface area (Å²) in [5.74, 6) is -0.484. The van der Waals surface area contributed by atoms with Crippen molar-refractivity contribution in [3.8, 4) is 0 Å². The highest BCUT2D eigenvalue weighted by atomic mass is 16.4. The molecule has 0 radical (unpaired) electrons. The molecular weight excluding hydrogens is 352 g/mol. The van der Waals surface area contributed by atoms with E-state index < -0.39 is 5.97 Å². The molecule has 0 bridgehead atoms. The van der Waals surface area contributed by atoms with E-state index >= 15 is 0 Å². The van der Waals surface area contributed by atoms with Gasteiger partial charge in [-0.1, -0.05) is 31.4 Å². The number of hydrogen-bond acceptors (Lipinski definition) is 4. The predicted octanol–water partition coefficient (Wildman–Crippen LogP) is 5.63. The van der Waals surface area contributed by atoms with Crippen LogP contribution in [-0.2, 0) is 4.79 Å². The number of nitrogens with zero attached hydrogens (tertiary/aromatic N) is 2. The highest BCUT2D eigenvalue weighted by Gasteiger charge is 2.30. The first-order chi connectivity index (χ1) is 13.5. The standard InChI is InChI=1S/C23H26N2O3/c1-3-8-17(4-2)16-25-20-13-12-19(23(28)18-10-11-18)15-21(20)24-14-7-5-6-9-22(26)27/h3-4,8,12-16,18H,1-2,5-7,9-11H2,(H,26,27)/b17-8+,24-14?,25-16?. The van der Waals surface area contributed by atoms with Gasteiger partial charge in [0.15, 0.2) is 5.78 Å². The molecule has 2 rings (SSSR count). The smallest absolute Gasteiger partial charge is 0.303 e. The van der Waals surface area contributed by atoms with E-state index in [9.17, 15) is 9.59 Å². The number of carbonyl (C=O) groups excluding carboxylic acids is 1. The number of carboxylic acid groups (broad SMARTS) is 1. The van der Waals surface area contributed by atoms with Gasteiger partial charge in [-0.05, 0) is 55.9 Å². The molecule has 1 aliphatic rings. The Labute approximate surface area is 165 Å². The molecule has 0 aromatic heterocycles. The van der Waals surface area contributed by atoms with Crippen LogP contribution >= 0.6 is 0 Å². The molecule has 1 aliphatic carbocycles. The van der Waals surface area contributed by atoms with Crippen molar-refractivity contribution in [1.29, 1.82) is 0 Å². The second-order valence-corrected chi connectivity index (χ2v) is 6.66. The Hall–Kier alpha value is -3.08. The molecule has 5 nitrogen and oxygen atoms in total. The van der Waals surface area contributed by atoms with Gasteiger partial charge in [-0.2, -0.15) is 0 Å². The third-order valence-corrected chi connectivity index (χ3v) is 4.31. The summed E-state index contributed by atoms with van der Waals surface area (Å²) in [7, 11) is 0. The molecule has 0 heterocycles. The van der Waals surface area contributed by atoms with Crippen LogP contribution in [0.15, 0.2) is 65.1 Å². The van der Waals surface area contributed by atoms with Gasteiger partial charge in [-0.15, -0.1) is 0 Å². The van der Waals surface area contributed by atoms with E-state index in [4.69, 9.17) is 5.11 Å². The number of ketones is 1. The van der Waals surface area contributed by atoms with E-state index in [2.05, 4.69) is 23.1 Å². The van der Waals surface area contributed by atoms with E-state index in [1.54, 1.807) is 48.9 Å². The van der Waals surface area contributed by atoms with E-state index in [0.29, 0.717) is 29.8 Å². The summed E-state index contributed by atoms with van der Waals surface area (Å²) in [6.07, 6.45) is 12.7. The Morgan fingerprint density at radius 3 is 2.57 bits per heavy atom. The van der Waals surface area contributed by atoms with Crippen LogP contribution in [-0.4, -0.2) is 29.3 Å². The monoisotopic (exact) mass is 378 g/mol. The zero-order valence-electron chi connectivity index (χ0n) is 16.0. The van der Waals surface area contributed by atoms with Crippen LogP contribution in [0.3, 0.4) is 0 Å². The lowest BCUT2D eigenvalue weighted by atomic mass is 10.1. The Morgan fingerprint density at radius 1 is 1.14 bits per heavy atom. The van der Waals surface area contributed by atoms with Gasteiger partial charge in [-0.25, -0.2) is 0 Å². The predicted molar refractivity (Wildman–Crippen MR) is 114 cm³/mol. The number of unbranched alkanes of at least 4 members (excludes halogenated alkanes) is 2. The van der Waals surface area contributed by atoms with Crippen molar-refractivity contribution in [3.05, 3.63) is 60.7 Å². The minimum absolute atomic E-state index is 0.144. The molecule has 0 unspecified atom stereocenters. The van der Waals surface area contributed by atoms with Crippen LogP contribution in [0.2, 0.25) is 0 Å². The SMILES string of the molecule is C=C/C=C(\C=C)C=Nc1ccc(C(=O)C2CC2)cc1N=CCCCCC(=O)O. The third kappa shape index (κ3) is 6.91. The number of rotatable bonds is 12. The van der Waals surface area contributed by atoms with Gasteiger partial charge in [-0.3, -0.25) is 19.6 Å². The first kappa shape index (κ1) is 21.2. The Balaban J connectivity index is 2.17.